The van der Waals surface area contributed by atoms with Crippen LogP contribution in [0.25, 0.3) is 10.9 Å². The normalized spacial score (nSPS) is 17.3. The van der Waals surface area contributed by atoms with Crippen LogP contribution in [0.3, 0.4) is 0 Å². The SMILES string of the molecule is Fc1cc(N2C=CN(c3ccc4[nH]ncc4c3F)C2C(F)(F)F)ccc1Br. The molecular formula is C17H10BrF5N4. The molecule has 4 nitrogen and oxygen atoms in total. The molecule has 2 heterocycles. The predicted octanol–water partition coefficient (Wildman–Crippen LogP) is 5.29. The first kappa shape index (κ1) is 17.8. The van der Waals surface area contributed by atoms with E-state index < -0.39 is 24.0 Å². The van der Waals surface area contributed by atoms with Gasteiger partial charge in [-0.25, -0.2) is 8.78 Å². The summed E-state index contributed by atoms with van der Waals surface area (Å²) in [6, 6.07) is 6.32. The van der Waals surface area contributed by atoms with Crippen LogP contribution in [0.5, 0.6) is 0 Å². The molecule has 4 rings (SSSR count). The van der Waals surface area contributed by atoms with Crippen LogP contribution in [0.4, 0.5) is 33.3 Å². The molecule has 0 amide bonds. The maximum absolute atomic E-state index is 14.8. The number of nitrogens with zero attached hydrogens (tertiary/aromatic N) is 3. The molecule has 0 fully saturated rings. The fourth-order valence-electron chi connectivity index (χ4n) is 3.01. The van der Waals surface area contributed by atoms with Crippen molar-refractivity contribution in [3.63, 3.8) is 0 Å². The largest absolute Gasteiger partial charge is 0.428 e. The van der Waals surface area contributed by atoms with Gasteiger partial charge in [-0.2, -0.15) is 18.3 Å². The number of hydrogen-bond donors (Lipinski definition) is 1. The van der Waals surface area contributed by atoms with Crippen molar-refractivity contribution in [3.05, 3.63) is 65.0 Å². The molecule has 0 bridgehead atoms. The summed E-state index contributed by atoms with van der Waals surface area (Å²) in [5.41, 5.74) is 0.0963. The van der Waals surface area contributed by atoms with Gasteiger partial charge in [-0.05, 0) is 46.3 Å². The van der Waals surface area contributed by atoms with Crippen LogP contribution in [0, 0.1) is 11.6 Å². The summed E-state index contributed by atoms with van der Waals surface area (Å²) in [6.45, 7) is 0. The topological polar surface area (TPSA) is 35.2 Å². The average molecular weight is 445 g/mol. The second-order valence-electron chi connectivity index (χ2n) is 5.86. The third-order valence-corrected chi connectivity index (χ3v) is 4.87. The molecule has 1 aliphatic heterocycles. The van der Waals surface area contributed by atoms with E-state index in [4.69, 9.17) is 0 Å². The Morgan fingerprint density at radius 1 is 1.04 bits per heavy atom. The molecule has 1 N–H and O–H groups in total. The molecule has 0 aliphatic carbocycles. The standard InChI is InChI=1S/C17H10BrF5N4/c18-11-2-1-9(7-12(11)19)26-5-6-27(16(26)17(21,22)23)14-4-3-13-10(15(14)20)8-24-25-13/h1-8,16H,(H,24,25). The number of nitrogens with one attached hydrogen (secondary N) is 1. The lowest BCUT2D eigenvalue weighted by Crippen LogP contribution is -2.50. The van der Waals surface area contributed by atoms with Gasteiger partial charge in [-0.1, -0.05) is 0 Å². The highest BCUT2D eigenvalue weighted by Gasteiger charge is 2.50. The van der Waals surface area contributed by atoms with Gasteiger partial charge in [-0.15, -0.1) is 0 Å². The lowest BCUT2D eigenvalue weighted by atomic mass is 10.2. The Balaban J connectivity index is 1.80. The number of H-pyrrole nitrogens is 1. The minimum absolute atomic E-state index is 0.0124. The average Bonchev–Trinajstić information content (AvgIpc) is 3.24. The van der Waals surface area contributed by atoms with Gasteiger partial charge in [0.1, 0.15) is 5.82 Å². The Morgan fingerprint density at radius 2 is 1.78 bits per heavy atom. The van der Waals surface area contributed by atoms with Crippen molar-refractivity contribution in [2.75, 3.05) is 9.80 Å². The van der Waals surface area contributed by atoms with E-state index in [0.29, 0.717) is 5.52 Å². The van der Waals surface area contributed by atoms with Gasteiger partial charge in [-0.3, -0.25) is 5.10 Å². The highest BCUT2D eigenvalue weighted by Crippen LogP contribution is 2.40. The van der Waals surface area contributed by atoms with E-state index in [0.717, 1.165) is 28.3 Å². The minimum Gasteiger partial charge on any atom is -0.317 e. The fraction of sp³-hybridized carbons (Fsp3) is 0.118. The predicted molar refractivity (Wildman–Crippen MR) is 94.1 cm³/mol. The highest BCUT2D eigenvalue weighted by atomic mass is 79.9. The van der Waals surface area contributed by atoms with Crippen molar-refractivity contribution >= 4 is 38.2 Å². The Kier molecular flexibility index (Phi) is 4.10. The smallest absolute Gasteiger partial charge is 0.317 e. The van der Waals surface area contributed by atoms with Gasteiger partial charge < -0.3 is 9.80 Å². The number of alkyl halides is 3. The number of halogens is 6. The third-order valence-electron chi connectivity index (χ3n) is 4.23. The monoisotopic (exact) mass is 444 g/mol. The number of aromatic nitrogens is 2. The van der Waals surface area contributed by atoms with E-state index in [1.54, 1.807) is 0 Å². The minimum atomic E-state index is -4.75. The lowest BCUT2D eigenvalue weighted by Gasteiger charge is -2.34. The van der Waals surface area contributed by atoms with Crippen molar-refractivity contribution in [1.29, 1.82) is 0 Å². The molecule has 2 aromatic carbocycles. The first-order valence-electron chi connectivity index (χ1n) is 7.66. The van der Waals surface area contributed by atoms with Gasteiger partial charge in [0.2, 0.25) is 6.17 Å². The Morgan fingerprint density at radius 3 is 2.48 bits per heavy atom. The molecule has 3 aromatic rings. The Bertz CT molecular complexity index is 1050. The summed E-state index contributed by atoms with van der Waals surface area (Å²) in [5, 5.41) is 6.34. The molecule has 0 saturated carbocycles. The van der Waals surface area contributed by atoms with E-state index in [-0.39, 0.29) is 21.2 Å². The molecule has 1 atom stereocenters. The van der Waals surface area contributed by atoms with Crippen LogP contribution in [0.1, 0.15) is 0 Å². The van der Waals surface area contributed by atoms with E-state index >= 15 is 0 Å². The van der Waals surface area contributed by atoms with Gasteiger partial charge >= 0.3 is 6.18 Å². The highest BCUT2D eigenvalue weighted by molar-refractivity contribution is 9.10. The Labute approximate surface area is 158 Å². The van der Waals surface area contributed by atoms with Crippen LogP contribution in [0.2, 0.25) is 0 Å². The zero-order chi connectivity index (χ0) is 19.3. The van der Waals surface area contributed by atoms with Crippen molar-refractivity contribution in [2.24, 2.45) is 0 Å². The molecule has 27 heavy (non-hydrogen) atoms. The molecule has 0 radical (unpaired) electrons. The van der Waals surface area contributed by atoms with Crippen molar-refractivity contribution in [2.45, 2.75) is 12.3 Å². The number of hydrogen-bond acceptors (Lipinski definition) is 3. The summed E-state index contributed by atoms with van der Waals surface area (Å²) in [7, 11) is 0. The third kappa shape index (κ3) is 2.93. The number of rotatable bonds is 2. The van der Waals surface area contributed by atoms with Crippen LogP contribution in [-0.2, 0) is 0 Å². The molecule has 0 saturated heterocycles. The van der Waals surface area contributed by atoms with Gasteiger partial charge in [0.05, 0.1) is 27.3 Å². The second kappa shape index (κ2) is 6.22. The quantitative estimate of drug-likeness (QED) is 0.545. The first-order chi connectivity index (χ1) is 12.8. The molecule has 140 valence electrons. The zero-order valence-electron chi connectivity index (χ0n) is 13.3. The molecule has 10 heteroatoms. The molecule has 1 aliphatic rings. The number of benzene rings is 2. The lowest BCUT2D eigenvalue weighted by molar-refractivity contribution is -0.144. The summed E-state index contributed by atoms with van der Waals surface area (Å²) >= 11 is 2.97. The summed E-state index contributed by atoms with van der Waals surface area (Å²) in [4.78, 5) is 1.61. The van der Waals surface area contributed by atoms with Crippen molar-refractivity contribution in [1.82, 2.24) is 10.2 Å². The Hall–Kier alpha value is -2.62. The molecular weight excluding hydrogens is 435 g/mol. The van der Waals surface area contributed by atoms with E-state index in [2.05, 4.69) is 26.1 Å². The van der Waals surface area contributed by atoms with E-state index in [1.807, 2.05) is 0 Å². The van der Waals surface area contributed by atoms with Gasteiger partial charge in [0, 0.05) is 18.1 Å². The second-order valence-corrected chi connectivity index (χ2v) is 6.71. The summed E-state index contributed by atoms with van der Waals surface area (Å²) in [6.07, 6.45) is -3.51. The molecule has 0 spiro atoms. The van der Waals surface area contributed by atoms with Crippen molar-refractivity contribution < 1.29 is 22.0 Å². The van der Waals surface area contributed by atoms with Crippen molar-refractivity contribution in [3.8, 4) is 0 Å². The van der Waals surface area contributed by atoms with Crippen LogP contribution < -0.4 is 9.80 Å². The first-order valence-corrected chi connectivity index (χ1v) is 8.45. The molecule has 1 aromatic heterocycles. The maximum atomic E-state index is 14.8. The van der Waals surface area contributed by atoms with E-state index in [9.17, 15) is 22.0 Å². The number of anilines is 2. The van der Waals surface area contributed by atoms with Crippen LogP contribution in [-0.4, -0.2) is 22.5 Å². The van der Waals surface area contributed by atoms with E-state index in [1.165, 1.54) is 30.5 Å². The molecule has 1 unspecified atom stereocenters. The number of aromatic amines is 1. The number of fused-ring (bicyclic) bond motifs is 1. The summed E-state index contributed by atoms with van der Waals surface area (Å²) < 4.78 is 70.2. The zero-order valence-corrected chi connectivity index (χ0v) is 14.9. The summed E-state index contributed by atoms with van der Waals surface area (Å²) in [5.74, 6) is -1.53. The fourth-order valence-corrected chi connectivity index (χ4v) is 3.26. The van der Waals surface area contributed by atoms with Gasteiger partial charge in [0.25, 0.3) is 0 Å². The maximum Gasteiger partial charge on any atom is 0.428 e. The van der Waals surface area contributed by atoms with Gasteiger partial charge in [0.15, 0.2) is 5.82 Å². The van der Waals surface area contributed by atoms with Crippen LogP contribution in [0.15, 0.2) is 53.4 Å². The van der Waals surface area contributed by atoms with Crippen LogP contribution >= 0.6 is 15.9 Å².